The Hall–Kier alpha value is -8.77. The summed E-state index contributed by atoms with van der Waals surface area (Å²) < 4.78 is 32.0. The van der Waals surface area contributed by atoms with Crippen LogP contribution in [0.15, 0.2) is 127 Å². The van der Waals surface area contributed by atoms with Crippen molar-refractivity contribution in [3.63, 3.8) is 0 Å². The van der Waals surface area contributed by atoms with Crippen molar-refractivity contribution in [2.45, 2.75) is 110 Å². The molecule has 23 nitrogen and oxygen atoms in total. The van der Waals surface area contributed by atoms with Crippen molar-refractivity contribution in [1.29, 1.82) is 0 Å². The summed E-state index contributed by atoms with van der Waals surface area (Å²) in [5.41, 5.74) is 10.7. The monoisotopic (exact) mass is 1360 g/mol. The van der Waals surface area contributed by atoms with E-state index in [2.05, 4.69) is 32.8 Å². The summed E-state index contributed by atoms with van der Waals surface area (Å²) in [5, 5.41) is 21.6. The molecule has 5 N–H and O–H groups in total. The molecule has 0 aromatic heterocycles. The first-order chi connectivity index (χ1) is 43.5. The van der Waals surface area contributed by atoms with Crippen LogP contribution in [-0.2, 0) is 81.6 Å². The molecule has 4 aliphatic heterocycles. The highest BCUT2D eigenvalue weighted by Crippen LogP contribution is 2.27. The number of aliphatic hydroxyl groups is 1. The van der Waals surface area contributed by atoms with Gasteiger partial charge in [-0.25, -0.2) is 14.4 Å². The molecule has 484 valence electrons. The van der Waals surface area contributed by atoms with E-state index in [9.17, 15) is 53.4 Å². The molecule has 24 heteroatoms. The number of carbonyl (C=O) groups excluding carboxylic acids is 8. The van der Waals surface area contributed by atoms with Gasteiger partial charge in [0.2, 0.25) is 6.10 Å². The number of aryl methyl sites for hydroxylation is 1. The van der Waals surface area contributed by atoms with E-state index >= 15 is 0 Å². The van der Waals surface area contributed by atoms with E-state index in [0.717, 1.165) is 39.3 Å². The van der Waals surface area contributed by atoms with Crippen molar-refractivity contribution in [3.05, 3.63) is 170 Å². The lowest BCUT2D eigenvalue weighted by atomic mass is 9.96. The molecule has 4 aliphatic rings. The third-order valence-corrected chi connectivity index (χ3v) is 15.3. The Labute approximate surface area is 542 Å². The van der Waals surface area contributed by atoms with Gasteiger partial charge in [0.25, 0.3) is 23.6 Å². The van der Waals surface area contributed by atoms with Crippen molar-refractivity contribution in [2.24, 2.45) is 11.8 Å². The normalized spacial score (nSPS) is 17.4. The molecule has 0 unspecified atom stereocenters. The molecule has 0 aliphatic carbocycles. The highest BCUT2D eigenvalue weighted by molar-refractivity contribution is 14.1. The lowest BCUT2D eigenvalue weighted by Gasteiger charge is -2.35. The molecule has 4 atom stereocenters. The average molecular weight is 1370 g/mol. The lowest BCUT2D eigenvalue weighted by molar-refractivity contribution is -0.178. The fourth-order valence-electron chi connectivity index (χ4n) is 9.88. The standard InChI is InChI=1S/C28H30N2O9.C20H20INO3.C10H17NO5.C9H10N2/c1-18(31)39-24(27(34)35)23-26(33)30(14-15-37-23)22-9-5-8-21(16-22)25(32)29-12-10-20(11-13-29)28(36)38-17-19-6-3-2-4-7-19;21-18-8-4-7-17(13-18)19(23)22-11-9-16(10-12-22)20(24)25-14-15-5-2-1-3-6-15;1-10(2,3)16-9(14)6(12)7-8(13)11-4-5-15-7;1-3-7-6-8(10)4-5-9(7)11-2/h2-9,16,20,23-24H,10-15,17H2,1H3,(H,34,35);1-8,13,16H,9-12,14H2;6-7,12H,4-5H2,1-3H3,(H,11,13);4-6H,3,10H2,1H3/t23-,24-;;6-,7-;/m1.1./s1. The molecule has 4 fully saturated rings. The third-order valence-electron chi connectivity index (χ3n) is 14.6. The Morgan fingerprint density at radius 2 is 1.24 bits per heavy atom. The molecular weight excluding hydrogens is 1290 g/mol. The van der Waals surface area contributed by atoms with E-state index in [-0.39, 0.29) is 62.0 Å². The lowest BCUT2D eigenvalue weighted by Crippen LogP contribution is -2.55. The number of nitrogen functional groups attached to an aromatic ring is 1. The van der Waals surface area contributed by atoms with Gasteiger partial charge in [0.05, 0.1) is 31.6 Å². The summed E-state index contributed by atoms with van der Waals surface area (Å²) in [6.45, 7) is 18.2. The van der Waals surface area contributed by atoms with Gasteiger partial charge in [-0.2, -0.15) is 0 Å². The number of benzene rings is 5. The van der Waals surface area contributed by atoms with Crippen LogP contribution < -0.4 is 16.0 Å². The van der Waals surface area contributed by atoms with Crippen molar-refractivity contribution in [1.82, 2.24) is 15.1 Å². The summed E-state index contributed by atoms with van der Waals surface area (Å²) in [4.78, 5) is 118. The number of amides is 4. The molecule has 4 amide bonds. The molecule has 5 aromatic rings. The average Bonchev–Trinajstić information content (AvgIpc) is 1.19. The quantitative estimate of drug-likeness (QED) is 0.0259. The Morgan fingerprint density at radius 1 is 0.714 bits per heavy atom. The number of ether oxygens (including phenoxy) is 6. The van der Waals surface area contributed by atoms with Gasteiger partial charge in [-0.3, -0.25) is 33.6 Å². The van der Waals surface area contributed by atoms with Gasteiger partial charge >= 0.3 is 29.8 Å². The predicted octanol–water partition coefficient (Wildman–Crippen LogP) is 7.50. The first-order valence-corrected chi connectivity index (χ1v) is 30.8. The van der Waals surface area contributed by atoms with E-state index < -0.39 is 59.7 Å². The van der Waals surface area contributed by atoms with Crippen LogP contribution in [0.2, 0.25) is 0 Å². The minimum absolute atomic E-state index is 0.0213. The fourth-order valence-corrected chi connectivity index (χ4v) is 10.4. The molecule has 0 radical (unpaired) electrons. The Kier molecular flexibility index (Phi) is 27.4. The number of piperidine rings is 2. The number of morpholine rings is 2. The number of carboxylic acid groups (broad SMARTS) is 1. The topological polar surface area (TPSA) is 302 Å². The van der Waals surface area contributed by atoms with Crippen LogP contribution in [-0.4, -0.2) is 156 Å². The van der Waals surface area contributed by atoms with Crippen LogP contribution >= 0.6 is 22.6 Å². The zero-order valence-electron chi connectivity index (χ0n) is 51.5. The van der Waals surface area contributed by atoms with Gasteiger partial charge in [-0.1, -0.05) is 85.8 Å². The number of nitrogens with two attached hydrogens (primary N) is 1. The molecule has 4 heterocycles. The molecule has 9 rings (SSSR count). The minimum Gasteiger partial charge on any atom is -0.478 e. The van der Waals surface area contributed by atoms with Crippen molar-refractivity contribution < 1.29 is 81.8 Å². The summed E-state index contributed by atoms with van der Waals surface area (Å²) in [6.07, 6.45) is -2.92. The smallest absolute Gasteiger partial charge is 0.348 e. The van der Waals surface area contributed by atoms with Gasteiger partial charge in [-0.05, 0) is 141 Å². The number of carboxylic acids is 1. The molecule has 0 bridgehead atoms. The second kappa shape index (κ2) is 35.0. The largest absolute Gasteiger partial charge is 0.478 e. The Balaban J connectivity index is 0.000000215. The van der Waals surface area contributed by atoms with Crippen molar-refractivity contribution in [2.75, 3.05) is 63.1 Å². The van der Waals surface area contributed by atoms with Crippen LogP contribution in [0.25, 0.3) is 4.85 Å². The minimum atomic E-state index is -1.79. The SMILES string of the molecule is CC(=O)O[C@@H](C(=O)O)[C@H]1OCCN(c2cccc(C(=O)N3CCC(C(=O)OCc4ccccc4)CC3)c2)C1=O.CC(C)(C)OC(=O)[C@H](O)[C@H]1OCCNC1=O.O=C(OCc1ccccc1)C1CCN(C(=O)c2cccc(I)c2)CC1.[C-]#[N+]c1ccc(N)cc1CC. The van der Waals surface area contributed by atoms with Crippen LogP contribution in [0.4, 0.5) is 17.1 Å². The number of aliphatic carboxylic acids is 1. The number of anilines is 2. The summed E-state index contributed by atoms with van der Waals surface area (Å²) in [7, 11) is 0. The Bertz CT molecular complexity index is 3360. The number of aliphatic hydroxyl groups excluding tert-OH is 1. The summed E-state index contributed by atoms with van der Waals surface area (Å²) in [6, 6.07) is 38.5. The first-order valence-electron chi connectivity index (χ1n) is 29.7. The van der Waals surface area contributed by atoms with Crippen LogP contribution in [0.5, 0.6) is 0 Å². The number of rotatable bonds is 15. The van der Waals surface area contributed by atoms with E-state index in [0.29, 0.717) is 87.5 Å². The number of esters is 4. The number of likely N-dealkylation sites (tertiary alicyclic amines) is 2. The number of halogens is 1. The Morgan fingerprint density at radius 3 is 1.73 bits per heavy atom. The van der Waals surface area contributed by atoms with E-state index in [1.807, 2.05) is 103 Å². The maximum Gasteiger partial charge on any atom is 0.348 e. The van der Waals surface area contributed by atoms with E-state index in [1.165, 1.54) is 4.90 Å². The summed E-state index contributed by atoms with van der Waals surface area (Å²) >= 11 is 2.20. The first kappa shape index (κ1) is 71.3. The third kappa shape index (κ3) is 22.0. The van der Waals surface area contributed by atoms with Crippen molar-refractivity contribution in [3.8, 4) is 0 Å². The van der Waals surface area contributed by atoms with Crippen LogP contribution in [0, 0.1) is 22.0 Å². The molecule has 4 saturated heterocycles. The fraction of sp³-hybridized carbons (Fsp3) is 0.403. The van der Waals surface area contributed by atoms with Gasteiger partial charge in [0.1, 0.15) is 18.8 Å². The molecule has 0 saturated carbocycles. The number of nitrogens with zero attached hydrogens (tertiary/aromatic N) is 4. The summed E-state index contributed by atoms with van der Waals surface area (Å²) in [5.74, 6) is -5.43. The van der Waals surface area contributed by atoms with Crippen LogP contribution in [0.1, 0.15) is 97.7 Å². The van der Waals surface area contributed by atoms with Gasteiger partial charge in [0.15, 0.2) is 24.0 Å². The molecule has 5 aromatic carbocycles. The number of hydrogen-bond acceptors (Lipinski definition) is 17. The number of nitrogens with one attached hydrogen (secondary N) is 1. The maximum atomic E-state index is 13.2. The number of carbonyl (C=O) groups is 9. The highest BCUT2D eigenvalue weighted by Gasteiger charge is 2.43. The molecule has 0 spiro atoms. The zero-order chi connectivity index (χ0) is 66.2. The van der Waals surface area contributed by atoms with E-state index in [4.69, 9.17) is 40.7 Å². The molecule has 91 heavy (non-hydrogen) atoms. The van der Waals surface area contributed by atoms with Gasteiger partial charge in [-0.15, -0.1) is 0 Å². The second-order valence-electron chi connectivity index (χ2n) is 22.4. The second-order valence-corrected chi connectivity index (χ2v) is 23.7. The maximum absolute atomic E-state index is 13.2. The van der Waals surface area contributed by atoms with Gasteiger partial charge in [0, 0.05) is 72.3 Å². The highest BCUT2D eigenvalue weighted by atomic mass is 127. The zero-order valence-corrected chi connectivity index (χ0v) is 53.6. The van der Waals surface area contributed by atoms with Crippen LogP contribution in [0.3, 0.4) is 0 Å². The number of hydrogen-bond donors (Lipinski definition) is 4. The van der Waals surface area contributed by atoms with E-state index in [1.54, 1.807) is 62.1 Å². The molecular formula is C67H77IN6O17. The van der Waals surface area contributed by atoms with Crippen molar-refractivity contribution >= 4 is 93.1 Å². The predicted molar refractivity (Wildman–Crippen MR) is 342 cm³/mol. The van der Waals surface area contributed by atoms with Gasteiger partial charge < -0.3 is 64.4 Å².